The van der Waals surface area contributed by atoms with E-state index in [0.29, 0.717) is 60.0 Å². The molecule has 12 aromatic rings. The van der Waals surface area contributed by atoms with Crippen LogP contribution in [0.25, 0.3) is 84.0 Å². The van der Waals surface area contributed by atoms with Crippen molar-refractivity contribution in [1.29, 1.82) is 0 Å². The Hall–Kier alpha value is -8.68. The second-order valence-electron chi connectivity index (χ2n) is 18.2. The predicted molar refractivity (Wildman–Crippen MR) is 287 cm³/mol. The van der Waals surface area contributed by atoms with Crippen LogP contribution in [-0.4, -0.2) is 44.5 Å². The lowest BCUT2D eigenvalue weighted by molar-refractivity contribution is 0.0975. The third-order valence-electron chi connectivity index (χ3n) is 13.6. The summed E-state index contributed by atoms with van der Waals surface area (Å²) in [7, 11) is 0. The summed E-state index contributed by atoms with van der Waals surface area (Å²) in [6.45, 7) is -0.137. The highest BCUT2D eigenvalue weighted by Crippen LogP contribution is 2.53. The number of nitrogens with zero attached hydrogens (tertiary/aromatic N) is 2. The number of thiophene rings is 4. The minimum Gasteiger partial charge on any atom is -0.444 e. The number of Topliss-reactive ketones (excluding diaryl/α,β-unsaturated/α-hetero) is 4. The first kappa shape index (κ1) is 45.9. The lowest BCUT2D eigenvalue weighted by Crippen LogP contribution is -2.13. The van der Waals surface area contributed by atoms with Crippen LogP contribution >= 0.6 is 45.3 Å². The molecule has 0 fully saturated rings. The average molecular weight is 1080 g/mol. The Morgan fingerprint density at radius 2 is 0.737 bits per heavy atom. The fraction of sp³-hybridized carbons (Fsp3) is 0.0345. The maximum atomic E-state index is 14.6. The molecule has 368 valence electrons. The lowest BCUT2D eigenvalue weighted by atomic mass is 10.0. The normalized spacial score (nSPS) is 13.5. The molecule has 0 aliphatic heterocycles. The van der Waals surface area contributed by atoms with Crippen LogP contribution in [0.3, 0.4) is 0 Å². The molecule has 0 N–H and O–H groups in total. The van der Waals surface area contributed by atoms with E-state index in [1.54, 1.807) is 12.1 Å². The largest absolute Gasteiger partial charge is 0.444 e. The number of aromatic nitrogens is 2. The third kappa shape index (κ3) is 6.94. The van der Waals surface area contributed by atoms with Crippen LogP contribution in [0.1, 0.15) is 62.3 Å². The van der Waals surface area contributed by atoms with Gasteiger partial charge in [-0.3, -0.25) is 19.2 Å². The topological polar surface area (TPSA) is 131 Å². The molecule has 6 aromatic carbocycles. The number of ketones is 4. The molecule has 0 saturated carbocycles. The van der Waals surface area contributed by atoms with Gasteiger partial charge in [0.25, 0.3) is 0 Å². The zero-order chi connectivity index (χ0) is 52.0. The highest BCUT2D eigenvalue weighted by atomic mass is 32.1. The summed E-state index contributed by atoms with van der Waals surface area (Å²) in [4.78, 5) is 85.5. The minimum atomic E-state index is -1.09. The molecule has 0 saturated heterocycles. The Bertz CT molecular complexity index is 4340. The summed E-state index contributed by atoms with van der Waals surface area (Å²) in [6.07, 6.45) is 1.46. The lowest BCUT2D eigenvalue weighted by Gasteiger charge is -2.07. The highest BCUT2D eigenvalue weighted by Gasteiger charge is 2.37. The van der Waals surface area contributed by atoms with Crippen LogP contribution in [0.4, 0.5) is 27.2 Å². The smallest absolute Gasteiger partial charge is 0.419 e. The summed E-state index contributed by atoms with van der Waals surface area (Å²) in [5.74, 6) is -6.71. The number of benzene rings is 6. The average Bonchev–Trinajstić information content (AvgIpc) is 4.47. The second kappa shape index (κ2) is 16.9. The Balaban J connectivity index is 0.922. The van der Waals surface area contributed by atoms with Crippen molar-refractivity contribution in [2.45, 2.75) is 13.2 Å². The van der Waals surface area contributed by atoms with Crippen molar-refractivity contribution in [2.24, 2.45) is 0 Å². The number of halogens is 4. The van der Waals surface area contributed by atoms with Gasteiger partial charge in [0, 0.05) is 32.0 Å². The molecule has 0 atom stereocenters. The van der Waals surface area contributed by atoms with E-state index in [0.717, 1.165) is 35.4 Å². The van der Waals surface area contributed by atoms with E-state index >= 15 is 0 Å². The highest BCUT2D eigenvalue weighted by molar-refractivity contribution is 7.40. The first-order valence-electron chi connectivity index (χ1n) is 23.1. The van der Waals surface area contributed by atoms with Crippen LogP contribution in [0.2, 0.25) is 0 Å². The van der Waals surface area contributed by atoms with Crippen molar-refractivity contribution >= 4 is 165 Å². The molecule has 10 nitrogen and oxygen atoms in total. The fourth-order valence-corrected chi connectivity index (χ4v) is 15.4. The van der Waals surface area contributed by atoms with Gasteiger partial charge >= 0.3 is 12.2 Å². The Labute approximate surface area is 439 Å². The SMILES string of the molecule is O=C1C(=Cc2cc3c(s2)c2sc4c(sc5c6sc(C=C7C(=O)c8cc9cc(F)c(F)cc9cc8C7=O)cc6n(C(=O)OCc6ccccc6)c54)c2n3C(=O)OCc2ccccc2)C(=O)c2cc3cc(F)c(F)cc3cc21. The van der Waals surface area contributed by atoms with Crippen LogP contribution in [0, 0.1) is 23.3 Å². The number of carbonyl (C=O) groups is 6. The predicted octanol–water partition coefficient (Wildman–Crippen LogP) is 15.5. The van der Waals surface area contributed by atoms with Gasteiger partial charge < -0.3 is 9.47 Å². The van der Waals surface area contributed by atoms with Crippen molar-refractivity contribution in [1.82, 2.24) is 9.13 Å². The van der Waals surface area contributed by atoms with E-state index in [2.05, 4.69) is 0 Å². The molecule has 0 bridgehead atoms. The summed E-state index contributed by atoms with van der Waals surface area (Å²) in [5.41, 5.74) is 3.23. The van der Waals surface area contributed by atoms with Gasteiger partial charge in [-0.05, 0) is 105 Å². The zero-order valence-corrected chi connectivity index (χ0v) is 41.7. The molecular weight excluding hydrogens is 1060 g/mol. The Morgan fingerprint density at radius 1 is 0.421 bits per heavy atom. The van der Waals surface area contributed by atoms with Crippen LogP contribution in [-0.2, 0) is 22.7 Å². The van der Waals surface area contributed by atoms with Crippen molar-refractivity contribution in [2.75, 3.05) is 0 Å². The molecule has 2 aliphatic carbocycles. The summed E-state index contributed by atoms with van der Waals surface area (Å²) >= 11 is 5.12. The van der Waals surface area contributed by atoms with Gasteiger partial charge in [0.15, 0.2) is 46.4 Å². The molecule has 0 radical (unpaired) electrons. The number of hydrogen-bond donors (Lipinski definition) is 0. The van der Waals surface area contributed by atoms with Crippen molar-refractivity contribution in [3.05, 3.63) is 199 Å². The van der Waals surface area contributed by atoms with Gasteiger partial charge in [0.2, 0.25) is 0 Å². The Morgan fingerprint density at radius 3 is 1.07 bits per heavy atom. The van der Waals surface area contributed by atoms with Crippen molar-refractivity contribution < 1.29 is 55.8 Å². The van der Waals surface area contributed by atoms with E-state index in [1.807, 2.05) is 60.7 Å². The van der Waals surface area contributed by atoms with Gasteiger partial charge in [0.1, 0.15) is 13.2 Å². The second-order valence-corrected chi connectivity index (χ2v) is 22.4. The fourth-order valence-electron chi connectivity index (χ4n) is 10.1. The molecule has 18 heteroatoms. The standard InChI is InChI=1S/C58H26F4N2O8S4/c59-39-15-27-11-33-34(12-28(27)16-40(39)60)48(66)37(47(33)65)19-31-21-43-51(73-31)53-45(63(43)57(69)71-23-25-7-3-1-4-8-25)55-56(75-53)46-54(76-55)52-44(64(46)58(70)72-24-26-9-5-2-6-10-26)22-32(74-52)20-38-49(67)35-13-29-17-41(61)42(62)18-30(29)14-36(35)50(38)68/h1-22H,23-24H2. The molecule has 0 spiro atoms. The van der Waals surface area contributed by atoms with Crippen LogP contribution < -0.4 is 0 Å². The number of carbonyl (C=O) groups excluding carboxylic acids is 6. The number of rotatable bonds is 6. The molecule has 14 rings (SSSR count). The Kier molecular flexibility index (Phi) is 10.2. The van der Waals surface area contributed by atoms with Crippen LogP contribution in [0.15, 0.2) is 132 Å². The summed E-state index contributed by atoms with van der Waals surface area (Å²) < 4.78 is 75.5. The van der Waals surface area contributed by atoms with Gasteiger partial charge in [-0.2, -0.15) is 0 Å². The maximum Gasteiger partial charge on any atom is 0.419 e. The molecule has 6 aromatic heterocycles. The number of ether oxygens (including phenoxy) is 2. The quantitative estimate of drug-likeness (QED) is 0.0914. The molecule has 76 heavy (non-hydrogen) atoms. The van der Waals surface area contributed by atoms with Crippen molar-refractivity contribution in [3.63, 3.8) is 0 Å². The summed E-state index contributed by atoms with van der Waals surface area (Å²) in [5, 5.41) is 1.02. The van der Waals surface area contributed by atoms with Gasteiger partial charge in [-0.15, -0.1) is 45.3 Å². The first-order valence-corrected chi connectivity index (χ1v) is 26.4. The molecule has 2 aliphatic rings. The molecule has 0 unspecified atom stereocenters. The first-order chi connectivity index (χ1) is 36.8. The zero-order valence-electron chi connectivity index (χ0n) is 38.4. The molecule has 6 heterocycles. The van der Waals surface area contributed by atoms with E-state index in [9.17, 15) is 46.3 Å². The number of hydrogen-bond acceptors (Lipinski definition) is 12. The number of allylic oxidation sites excluding steroid dienone is 2. The van der Waals surface area contributed by atoms with Gasteiger partial charge in [0.05, 0.1) is 61.4 Å². The van der Waals surface area contributed by atoms with E-state index in [-0.39, 0.29) is 68.2 Å². The molecular formula is C58H26F4N2O8S4. The minimum absolute atomic E-state index is 0.0567. The van der Waals surface area contributed by atoms with E-state index in [4.69, 9.17) is 9.47 Å². The van der Waals surface area contributed by atoms with Gasteiger partial charge in [-0.1, -0.05) is 60.7 Å². The van der Waals surface area contributed by atoms with Crippen molar-refractivity contribution in [3.8, 4) is 0 Å². The van der Waals surface area contributed by atoms with Gasteiger partial charge in [-0.25, -0.2) is 36.3 Å². The molecule has 0 amide bonds. The third-order valence-corrected chi connectivity index (χ3v) is 18.6. The summed E-state index contributed by atoms with van der Waals surface area (Å²) in [6, 6.07) is 31.0. The van der Waals surface area contributed by atoms with Crippen LogP contribution in [0.5, 0.6) is 0 Å². The number of fused-ring (bicyclic) bond motifs is 13. The van der Waals surface area contributed by atoms with E-state index in [1.165, 1.54) is 90.9 Å². The van der Waals surface area contributed by atoms with E-state index < -0.39 is 58.6 Å². The maximum absolute atomic E-state index is 14.6. The monoisotopic (exact) mass is 1080 g/mol.